The second kappa shape index (κ2) is 46.4. The molecule has 0 heterocycles. The van der Waals surface area contributed by atoms with Crippen LogP contribution in [0.4, 0.5) is 0 Å². The van der Waals surface area contributed by atoms with Crippen LogP contribution in [0.1, 0.15) is 181 Å². The quantitative estimate of drug-likeness (QED) is 0.0239. The number of hydrogen-bond donors (Lipinski definition) is 3. The van der Waals surface area contributed by atoms with Crippen LogP contribution in [0.5, 0.6) is 0 Å². The molecule has 0 spiro atoms. The number of phosphoric ester groups is 1. The second-order valence-electron chi connectivity index (χ2n) is 15.4. The molecule has 0 saturated carbocycles. The summed E-state index contributed by atoms with van der Waals surface area (Å²) < 4.78 is 26.9. The summed E-state index contributed by atoms with van der Waals surface area (Å²) in [4.78, 5) is 34.0. The predicted molar refractivity (Wildman–Crippen MR) is 256 cm³/mol. The van der Waals surface area contributed by atoms with Crippen LogP contribution in [0.25, 0.3) is 0 Å². The minimum Gasteiger partial charge on any atom is -0.463 e. The van der Waals surface area contributed by atoms with Gasteiger partial charge in [-0.2, -0.15) is 0 Å². The predicted octanol–water partition coefficient (Wildman–Crippen LogP) is 13.8. The number of allylic oxidation sites excluding steroid dienone is 16. The summed E-state index contributed by atoms with van der Waals surface area (Å²) in [6.07, 6.45) is 60.5. The third-order valence-electron chi connectivity index (χ3n) is 9.49. The number of carbonyl (C=O) groups is 2. The normalized spacial score (nSPS) is 14.1. The van der Waals surface area contributed by atoms with Gasteiger partial charge in [0.1, 0.15) is 12.7 Å². The lowest BCUT2D eigenvalue weighted by Crippen LogP contribution is -2.27. The maximum absolute atomic E-state index is 12.1. The van der Waals surface area contributed by atoms with Crippen molar-refractivity contribution in [2.75, 3.05) is 26.4 Å². The highest BCUT2D eigenvalue weighted by Gasteiger charge is 2.23. The van der Waals surface area contributed by atoms with Gasteiger partial charge in [-0.25, -0.2) is 4.57 Å². The molecule has 0 aliphatic carbocycles. The molecule has 1 amide bonds. The van der Waals surface area contributed by atoms with Crippen molar-refractivity contribution in [3.8, 4) is 0 Å². The van der Waals surface area contributed by atoms with E-state index in [4.69, 9.17) is 13.8 Å². The van der Waals surface area contributed by atoms with Gasteiger partial charge in [0.2, 0.25) is 5.91 Å². The molecule has 2 unspecified atom stereocenters. The topological polar surface area (TPSA) is 131 Å². The van der Waals surface area contributed by atoms with Crippen LogP contribution in [0.2, 0.25) is 0 Å². The van der Waals surface area contributed by atoms with Crippen molar-refractivity contribution in [1.82, 2.24) is 5.32 Å². The largest absolute Gasteiger partial charge is 0.472 e. The number of rotatable bonds is 43. The van der Waals surface area contributed by atoms with E-state index in [2.05, 4.69) is 116 Å². The average Bonchev–Trinajstić information content (AvgIpc) is 3.25. The highest BCUT2D eigenvalue weighted by atomic mass is 31.2. The summed E-state index contributed by atoms with van der Waals surface area (Å²) >= 11 is 0. The number of aliphatic hydroxyl groups excluding tert-OH is 1. The summed E-state index contributed by atoms with van der Waals surface area (Å²) in [6, 6.07) is 0. The van der Waals surface area contributed by atoms with Gasteiger partial charge in [0.15, 0.2) is 0 Å². The molecule has 0 saturated heterocycles. The smallest absolute Gasteiger partial charge is 0.463 e. The summed E-state index contributed by atoms with van der Waals surface area (Å²) in [6.45, 7) is 3.42. The monoisotopic (exact) mass is 872 g/mol. The average molecular weight is 872 g/mol. The molecule has 0 radical (unpaired) electrons. The molecule has 9 nitrogen and oxygen atoms in total. The first-order valence-corrected chi connectivity index (χ1v) is 25.2. The van der Waals surface area contributed by atoms with Gasteiger partial charge in [-0.15, -0.1) is 0 Å². The number of esters is 1. The molecule has 10 heteroatoms. The van der Waals surface area contributed by atoms with E-state index in [0.29, 0.717) is 12.8 Å². The van der Waals surface area contributed by atoms with E-state index in [-0.39, 0.29) is 32.1 Å². The number of nitrogens with one attached hydrogen (secondary N) is 1. The summed E-state index contributed by atoms with van der Waals surface area (Å²) in [5.41, 5.74) is 0. The van der Waals surface area contributed by atoms with E-state index in [1.807, 2.05) is 0 Å². The number of unbranched alkanes of at least 4 members (excludes halogenated alkanes) is 14. The zero-order chi connectivity index (χ0) is 44.6. The Balaban J connectivity index is 3.70. The first-order chi connectivity index (χ1) is 29.8. The Morgan fingerprint density at radius 1 is 0.508 bits per heavy atom. The molecule has 0 rings (SSSR count). The van der Waals surface area contributed by atoms with Crippen molar-refractivity contribution in [1.29, 1.82) is 0 Å². The fourth-order valence-corrected chi connectivity index (χ4v) is 6.63. The van der Waals surface area contributed by atoms with Crippen molar-refractivity contribution in [2.24, 2.45) is 0 Å². The Hall–Kier alpha value is -3.07. The Bertz CT molecular complexity index is 1320. The minimum absolute atomic E-state index is 0.0611. The molecule has 0 aliphatic rings. The first kappa shape index (κ1) is 57.9. The van der Waals surface area contributed by atoms with Crippen molar-refractivity contribution in [2.45, 2.75) is 187 Å². The number of hydrogen-bond acceptors (Lipinski definition) is 7. The van der Waals surface area contributed by atoms with Crippen molar-refractivity contribution in [3.63, 3.8) is 0 Å². The van der Waals surface area contributed by atoms with Crippen molar-refractivity contribution in [3.05, 3.63) is 97.2 Å². The van der Waals surface area contributed by atoms with Gasteiger partial charge < -0.3 is 20.1 Å². The maximum atomic E-state index is 12.1. The number of amides is 1. The zero-order valence-electron chi connectivity index (χ0n) is 38.3. The van der Waals surface area contributed by atoms with Crippen LogP contribution in [0.3, 0.4) is 0 Å². The van der Waals surface area contributed by atoms with Gasteiger partial charge in [0.05, 0.1) is 13.2 Å². The number of aliphatic hydroxyl groups is 1. The van der Waals surface area contributed by atoms with Gasteiger partial charge in [0.25, 0.3) is 0 Å². The summed E-state index contributed by atoms with van der Waals surface area (Å²) in [7, 11) is -4.44. The van der Waals surface area contributed by atoms with Crippen LogP contribution in [0, 0.1) is 0 Å². The van der Waals surface area contributed by atoms with Gasteiger partial charge in [-0.05, 0) is 103 Å². The lowest BCUT2D eigenvalue weighted by molar-refractivity contribution is -0.147. The SMILES string of the molecule is CCCCC/C=C\C/C=C\C/C=C\C/C=C\CCCCCCCC(=O)NCCOP(=O)(O)OCC(O)COC(=O)CCCCC/C=C\C/C=C\C/C=C\C/C=C\CCCCC. The van der Waals surface area contributed by atoms with E-state index in [1.165, 1.54) is 51.4 Å². The van der Waals surface area contributed by atoms with Crippen molar-refractivity contribution < 1.29 is 37.9 Å². The van der Waals surface area contributed by atoms with E-state index in [0.717, 1.165) is 96.3 Å². The molecule has 0 aliphatic heterocycles. The molecular weight excluding hydrogens is 786 g/mol. The standard InChI is InChI=1S/C51H86NO8P/c1-3-5-7-9-11-13-15-17-19-21-23-24-26-27-29-31-33-35-37-39-41-43-50(54)52-45-46-59-61(56,57)60-48-49(53)47-58-51(55)44-42-40-38-36-34-32-30-28-25-22-20-18-16-14-12-10-8-6-4-2/h11-14,17-20,23-25,27-29,32,34,49,53H,3-10,15-16,21-22,26,30-31,33,35-48H2,1-2H3,(H,52,54)(H,56,57)/b13-11-,14-12-,19-17-,20-18-,24-23-,28-25-,29-27-,34-32-. The van der Waals surface area contributed by atoms with Crippen LogP contribution in [0.15, 0.2) is 97.2 Å². The molecule has 348 valence electrons. The Kier molecular flexibility index (Phi) is 44.1. The molecule has 0 aromatic carbocycles. The second-order valence-corrected chi connectivity index (χ2v) is 16.8. The Labute approximate surface area is 372 Å². The molecule has 0 fully saturated rings. The van der Waals surface area contributed by atoms with Crippen LogP contribution < -0.4 is 5.32 Å². The number of phosphoric acid groups is 1. The first-order valence-electron chi connectivity index (χ1n) is 23.7. The van der Waals surface area contributed by atoms with Crippen molar-refractivity contribution >= 4 is 19.7 Å². The molecule has 61 heavy (non-hydrogen) atoms. The molecule has 0 aromatic rings. The van der Waals surface area contributed by atoms with Gasteiger partial charge in [-0.3, -0.25) is 18.6 Å². The van der Waals surface area contributed by atoms with Gasteiger partial charge in [-0.1, -0.05) is 162 Å². The lowest BCUT2D eigenvalue weighted by atomic mass is 10.1. The molecule has 2 atom stereocenters. The van der Waals surface area contributed by atoms with E-state index in [1.54, 1.807) is 0 Å². The fraction of sp³-hybridized carbons (Fsp3) is 0.647. The molecule has 3 N–H and O–H groups in total. The van der Waals surface area contributed by atoms with Crippen LogP contribution in [-0.4, -0.2) is 54.3 Å². The maximum Gasteiger partial charge on any atom is 0.472 e. The number of carbonyl (C=O) groups excluding carboxylic acids is 2. The van der Waals surface area contributed by atoms with Crippen LogP contribution in [-0.2, 0) is 27.9 Å². The fourth-order valence-electron chi connectivity index (χ4n) is 5.88. The molecular formula is C51H86NO8P. The zero-order valence-corrected chi connectivity index (χ0v) is 39.2. The molecule has 0 aromatic heterocycles. The highest BCUT2D eigenvalue weighted by Crippen LogP contribution is 2.42. The van der Waals surface area contributed by atoms with E-state index >= 15 is 0 Å². The van der Waals surface area contributed by atoms with Gasteiger partial charge >= 0.3 is 13.8 Å². The third kappa shape index (κ3) is 47.8. The summed E-state index contributed by atoms with van der Waals surface area (Å²) in [5, 5.41) is 12.7. The minimum atomic E-state index is -4.44. The Morgan fingerprint density at radius 3 is 1.34 bits per heavy atom. The van der Waals surface area contributed by atoms with E-state index in [9.17, 15) is 24.2 Å². The number of ether oxygens (including phenoxy) is 1. The highest BCUT2D eigenvalue weighted by molar-refractivity contribution is 7.47. The Morgan fingerprint density at radius 2 is 0.885 bits per heavy atom. The third-order valence-corrected chi connectivity index (χ3v) is 10.5. The summed E-state index contributed by atoms with van der Waals surface area (Å²) in [5.74, 6) is -0.573. The molecule has 0 bridgehead atoms. The lowest BCUT2D eigenvalue weighted by Gasteiger charge is -2.15. The van der Waals surface area contributed by atoms with Gasteiger partial charge in [0, 0.05) is 19.4 Å². The van der Waals surface area contributed by atoms with Crippen LogP contribution >= 0.6 is 7.82 Å². The van der Waals surface area contributed by atoms with E-state index < -0.39 is 26.5 Å².